The van der Waals surface area contributed by atoms with Gasteiger partial charge in [-0.2, -0.15) is 0 Å². The van der Waals surface area contributed by atoms with E-state index in [1.165, 1.54) is 11.3 Å². The van der Waals surface area contributed by atoms with Gasteiger partial charge in [0, 0.05) is 32.0 Å². The van der Waals surface area contributed by atoms with Crippen LogP contribution in [-0.4, -0.2) is 11.0 Å². The number of benzene rings is 2. The van der Waals surface area contributed by atoms with Crippen molar-refractivity contribution in [3.05, 3.63) is 71.9 Å². The standard InChI is InChI=1S/C17H11BrCl3N3OS/c18-11-5-4-9(6-14(11)21)22-17(25)24-15-8-26-16(23-15)7-10-12(19)2-1-3-13(10)20/h1-6,8H,7H2,(H2,22,24,25). The molecule has 1 heterocycles. The van der Waals surface area contributed by atoms with Crippen LogP contribution in [0.15, 0.2) is 46.3 Å². The molecule has 0 fully saturated rings. The van der Waals surface area contributed by atoms with Gasteiger partial charge in [0.15, 0.2) is 0 Å². The third-order valence-electron chi connectivity index (χ3n) is 3.36. The lowest BCUT2D eigenvalue weighted by Gasteiger charge is -2.07. The molecule has 9 heteroatoms. The largest absolute Gasteiger partial charge is 0.324 e. The summed E-state index contributed by atoms with van der Waals surface area (Å²) in [5.41, 5.74) is 1.39. The molecule has 0 aliphatic heterocycles. The summed E-state index contributed by atoms with van der Waals surface area (Å²) in [6, 6.07) is 10.1. The van der Waals surface area contributed by atoms with Crippen LogP contribution in [0.4, 0.5) is 16.3 Å². The third kappa shape index (κ3) is 4.90. The Kier molecular flexibility index (Phi) is 6.42. The third-order valence-corrected chi connectivity index (χ3v) is 6.15. The van der Waals surface area contributed by atoms with E-state index in [2.05, 4.69) is 31.5 Å². The lowest BCUT2D eigenvalue weighted by molar-refractivity contribution is 0.262. The summed E-state index contributed by atoms with van der Waals surface area (Å²) in [7, 11) is 0. The van der Waals surface area contributed by atoms with Crippen LogP contribution >= 0.6 is 62.1 Å². The first-order valence-electron chi connectivity index (χ1n) is 7.32. The van der Waals surface area contributed by atoms with Gasteiger partial charge in [0.25, 0.3) is 0 Å². The second kappa shape index (κ2) is 8.59. The molecule has 1 aromatic heterocycles. The second-order valence-electron chi connectivity index (χ2n) is 5.21. The van der Waals surface area contributed by atoms with Crippen LogP contribution in [-0.2, 0) is 6.42 Å². The van der Waals surface area contributed by atoms with E-state index in [4.69, 9.17) is 34.8 Å². The number of hydrogen-bond donors (Lipinski definition) is 2. The van der Waals surface area contributed by atoms with Crippen LogP contribution in [0.5, 0.6) is 0 Å². The topological polar surface area (TPSA) is 54.0 Å². The maximum absolute atomic E-state index is 12.1. The maximum Gasteiger partial charge on any atom is 0.324 e. The van der Waals surface area contributed by atoms with E-state index in [1.807, 2.05) is 0 Å². The van der Waals surface area contributed by atoms with Crippen molar-refractivity contribution in [1.29, 1.82) is 0 Å². The van der Waals surface area contributed by atoms with Gasteiger partial charge in [0.2, 0.25) is 0 Å². The molecule has 0 aliphatic carbocycles. The van der Waals surface area contributed by atoms with Crippen molar-refractivity contribution in [3.63, 3.8) is 0 Å². The Morgan fingerprint density at radius 1 is 1.08 bits per heavy atom. The average Bonchev–Trinajstić information content (AvgIpc) is 3.01. The van der Waals surface area contributed by atoms with Crippen molar-refractivity contribution in [3.8, 4) is 0 Å². The van der Waals surface area contributed by atoms with Gasteiger partial charge in [-0.25, -0.2) is 9.78 Å². The predicted molar refractivity (Wildman–Crippen MR) is 113 cm³/mol. The molecular formula is C17H11BrCl3N3OS. The van der Waals surface area contributed by atoms with Crippen LogP contribution in [0.2, 0.25) is 15.1 Å². The quantitative estimate of drug-likeness (QED) is 0.409. The molecule has 4 nitrogen and oxygen atoms in total. The molecule has 26 heavy (non-hydrogen) atoms. The molecule has 2 aromatic carbocycles. The smallest absolute Gasteiger partial charge is 0.308 e. The van der Waals surface area contributed by atoms with E-state index in [0.717, 1.165) is 15.0 Å². The summed E-state index contributed by atoms with van der Waals surface area (Å²) in [5, 5.41) is 9.63. The zero-order chi connectivity index (χ0) is 18.7. The van der Waals surface area contributed by atoms with Crippen molar-refractivity contribution >= 4 is 79.6 Å². The summed E-state index contributed by atoms with van der Waals surface area (Å²) in [4.78, 5) is 16.5. The van der Waals surface area contributed by atoms with Gasteiger partial charge in [-0.15, -0.1) is 11.3 Å². The van der Waals surface area contributed by atoms with Crippen LogP contribution in [0.3, 0.4) is 0 Å². The van der Waals surface area contributed by atoms with Gasteiger partial charge in [0.1, 0.15) is 5.82 Å². The van der Waals surface area contributed by atoms with Gasteiger partial charge in [-0.05, 0) is 51.8 Å². The fourth-order valence-electron chi connectivity index (χ4n) is 2.15. The van der Waals surface area contributed by atoms with Gasteiger partial charge in [0.05, 0.1) is 10.0 Å². The highest BCUT2D eigenvalue weighted by atomic mass is 79.9. The normalized spacial score (nSPS) is 10.6. The Morgan fingerprint density at radius 2 is 1.81 bits per heavy atom. The van der Waals surface area contributed by atoms with Gasteiger partial charge in [-0.1, -0.05) is 40.9 Å². The van der Waals surface area contributed by atoms with Crippen molar-refractivity contribution < 1.29 is 4.79 Å². The lowest BCUT2D eigenvalue weighted by atomic mass is 10.1. The first kappa shape index (κ1) is 19.5. The monoisotopic (exact) mass is 489 g/mol. The van der Waals surface area contributed by atoms with Crippen molar-refractivity contribution in [1.82, 2.24) is 4.98 Å². The number of carbonyl (C=O) groups is 1. The zero-order valence-corrected chi connectivity index (χ0v) is 17.7. The average molecular weight is 492 g/mol. The summed E-state index contributed by atoms with van der Waals surface area (Å²) >= 11 is 23.1. The van der Waals surface area contributed by atoms with Crippen LogP contribution in [0.1, 0.15) is 10.6 Å². The molecule has 0 spiro atoms. The minimum absolute atomic E-state index is 0.406. The van der Waals surface area contributed by atoms with E-state index in [9.17, 15) is 4.79 Å². The maximum atomic E-state index is 12.1. The fourth-order valence-corrected chi connectivity index (χ4v) is 3.85. The molecule has 0 saturated heterocycles. The Morgan fingerprint density at radius 3 is 2.50 bits per heavy atom. The number of amides is 2. The SMILES string of the molecule is O=C(Nc1ccc(Br)c(Cl)c1)Nc1csc(Cc2c(Cl)cccc2Cl)n1. The van der Waals surface area contributed by atoms with E-state index in [0.29, 0.717) is 33.0 Å². The number of nitrogens with one attached hydrogen (secondary N) is 2. The van der Waals surface area contributed by atoms with E-state index in [-0.39, 0.29) is 0 Å². The zero-order valence-electron chi connectivity index (χ0n) is 13.0. The molecule has 2 amide bonds. The Labute approximate surface area is 177 Å². The van der Waals surface area contributed by atoms with E-state index in [1.54, 1.807) is 41.8 Å². The highest BCUT2D eigenvalue weighted by Gasteiger charge is 2.11. The predicted octanol–water partition coefficient (Wildman–Crippen LogP) is 7.10. The van der Waals surface area contributed by atoms with Crippen LogP contribution in [0.25, 0.3) is 0 Å². The molecule has 0 bridgehead atoms. The molecule has 134 valence electrons. The number of anilines is 2. The van der Waals surface area contributed by atoms with Gasteiger partial charge >= 0.3 is 6.03 Å². The molecule has 2 N–H and O–H groups in total. The fraction of sp³-hybridized carbons (Fsp3) is 0.0588. The van der Waals surface area contributed by atoms with Crippen LogP contribution < -0.4 is 10.6 Å². The molecule has 0 aliphatic rings. The summed E-state index contributed by atoms with van der Waals surface area (Å²) in [6.07, 6.45) is 0.495. The number of thiazole rings is 1. The highest BCUT2D eigenvalue weighted by molar-refractivity contribution is 9.10. The molecule has 0 saturated carbocycles. The molecule has 0 atom stereocenters. The first-order valence-corrected chi connectivity index (χ1v) is 10.1. The van der Waals surface area contributed by atoms with Crippen molar-refractivity contribution in [2.75, 3.05) is 10.6 Å². The van der Waals surface area contributed by atoms with E-state index < -0.39 is 6.03 Å². The number of nitrogens with zero attached hydrogens (tertiary/aromatic N) is 1. The van der Waals surface area contributed by atoms with Crippen molar-refractivity contribution in [2.45, 2.75) is 6.42 Å². The number of halogens is 4. The molecule has 0 unspecified atom stereocenters. The molecular weight excluding hydrogens is 481 g/mol. The molecule has 0 radical (unpaired) electrons. The number of aromatic nitrogens is 1. The van der Waals surface area contributed by atoms with Crippen molar-refractivity contribution in [2.24, 2.45) is 0 Å². The first-order chi connectivity index (χ1) is 12.4. The number of hydrogen-bond acceptors (Lipinski definition) is 3. The summed E-state index contributed by atoms with van der Waals surface area (Å²) < 4.78 is 0.757. The lowest BCUT2D eigenvalue weighted by Crippen LogP contribution is -2.19. The number of carbonyl (C=O) groups excluding carboxylic acids is 1. The summed E-state index contributed by atoms with van der Waals surface area (Å²) in [6.45, 7) is 0. The Balaban J connectivity index is 1.64. The molecule has 3 rings (SSSR count). The Hall–Kier alpha value is -1.31. The molecule has 3 aromatic rings. The number of urea groups is 1. The van der Waals surface area contributed by atoms with Gasteiger partial charge in [-0.3, -0.25) is 5.32 Å². The second-order valence-corrected chi connectivity index (χ2v) is 8.23. The van der Waals surface area contributed by atoms with E-state index >= 15 is 0 Å². The van der Waals surface area contributed by atoms with Gasteiger partial charge < -0.3 is 5.32 Å². The minimum Gasteiger partial charge on any atom is -0.308 e. The highest BCUT2D eigenvalue weighted by Crippen LogP contribution is 2.29. The van der Waals surface area contributed by atoms with Crippen LogP contribution in [0, 0.1) is 0 Å². The minimum atomic E-state index is -0.406. The Bertz CT molecular complexity index is 944. The summed E-state index contributed by atoms with van der Waals surface area (Å²) in [5.74, 6) is 0.453. The number of rotatable bonds is 4.